The number of aryl methyl sites for hydroxylation is 2. The molecule has 0 radical (unpaired) electrons. The van der Waals surface area contributed by atoms with Gasteiger partial charge in [-0.15, -0.1) is 0 Å². The van der Waals surface area contributed by atoms with E-state index < -0.39 is 0 Å². The Hall–Kier alpha value is -3.13. The SMILES string of the molecule is Cc1cc(C)c(C)c(-c2cc(CC(C)C)c3cc4c(cc3n2)oc2ccccc24)c1. The highest BCUT2D eigenvalue weighted by Crippen LogP contribution is 2.35. The van der Waals surface area contributed by atoms with Crippen molar-refractivity contribution >= 4 is 32.8 Å². The van der Waals surface area contributed by atoms with Crippen molar-refractivity contribution in [3.05, 3.63) is 76.9 Å². The van der Waals surface area contributed by atoms with Crippen molar-refractivity contribution in [3.8, 4) is 11.3 Å². The van der Waals surface area contributed by atoms with Crippen LogP contribution in [-0.4, -0.2) is 4.98 Å². The van der Waals surface area contributed by atoms with Crippen molar-refractivity contribution < 1.29 is 4.42 Å². The molecule has 0 spiro atoms. The number of benzene rings is 3. The largest absolute Gasteiger partial charge is 0.456 e. The minimum absolute atomic E-state index is 0.570. The predicted octanol–water partition coefficient (Wildman–Crippen LogP) is 7.92. The maximum atomic E-state index is 6.15. The summed E-state index contributed by atoms with van der Waals surface area (Å²) in [4.78, 5) is 5.12. The predicted molar refractivity (Wildman–Crippen MR) is 127 cm³/mol. The van der Waals surface area contributed by atoms with Gasteiger partial charge in [0.15, 0.2) is 0 Å². The van der Waals surface area contributed by atoms with Crippen molar-refractivity contribution in [2.24, 2.45) is 5.92 Å². The van der Waals surface area contributed by atoms with E-state index in [9.17, 15) is 0 Å². The summed E-state index contributed by atoms with van der Waals surface area (Å²) in [5.41, 5.74) is 10.4. The van der Waals surface area contributed by atoms with Crippen molar-refractivity contribution in [1.29, 1.82) is 0 Å². The van der Waals surface area contributed by atoms with Crippen LogP contribution < -0.4 is 0 Å². The van der Waals surface area contributed by atoms with Crippen molar-refractivity contribution in [1.82, 2.24) is 4.98 Å². The minimum atomic E-state index is 0.570. The third-order valence-corrected chi connectivity index (χ3v) is 6.11. The summed E-state index contributed by atoms with van der Waals surface area (Å²) >= 11 is 0. The summed E-state index contributed by atoms with van der Waals surface area (Å²) in [6, 6.07) is 19.5. The Morgan fingerprint density at radius 3 is 2.43 bits per heavy atom. The Balaban J connectivity index is 1.84. The first-order valence-corrected chi connectivity index (χ1v) is 10.7. The minimum Gasteiger partial charge on any atom is -0.456 e. The third-order valence-electron chi connectivity index (χ3n) is 6.11. The van der Waals surface area contributed by atoms with Crippen LogP contribution in [0.1, 0.15) is 36.1 Å². The quantitative estimate of drug-likeness (QED) is 0.311. The van der Waals surface area contributed by atoms with Crippen LogP contribution in [0.2, 0.25) is 0 Å². The fraction of sp³-hybridized carbons (Fsp3) is 0.250. The summed E-state index contributed by atoms with van der Waals surface area (Å²) in [7, 11) is 0. The number of fused-ring (bicyclic) bond motifs is 4. The van der Waals surface area contributed by atoms with Gasteiger partial charge in [0.25, 0.3) is 0 Å². The number of pyridine rings is 1. The van der Waals surface area contributed by atoms with Gasteiger partial charge in [0.05, 0.1) is 11.2 Å². The summed E-state index contributed by atoms with van der Waals surface area (Å²) in [6.45, 7) is 11.1. The lowest BCUT2D eigenvalue weighted by atomic mass is 9.93. The highest BCUT2D eigenvalue weighted by atomic mass is 16.3. The molecule has 0 bridgehead atoms. The summed E-state index contributed by atoms with van der Waals surface area (Å²) in [6.07, 6.45) is 1.02. The maximum absolute atomic E-state index is 6.15. The van der Waals surface area contributed by atoms with Gasteiger partial charge in [-0.3, -0.25) is 0 Å². The third kappa shape index (κ3) is 3.08. The molecule has 150 valence electrons. The second kappa shape index (κ2) is 6.98. The van der Waals surface area contributed by atoms with Crippen LogP contribution in [0.3, 0.4) is 0 Å². The lowest BCUT2D eigenvalue weighted by Crippen LogP contribution is -1.99. The first-order valence-electron chi connectivity index (χ1n) is 10.7. The van der Waals surface area contributed by atoms with Gasteiger partial charge in [-0.05, 0) is 74.1 Å². The lowest BCUT2D eigenvalue weighted by Gasteiger charge is -2.15. The molecule has 30 heavy (non-hydrogen) atoms. The number of rotatable bonds is 3. The van der Waals surface area contributed by atoms with Gasteiger partial charge in [0, 0.05) is 27.8 Å². The molecule has 2 aromatic heterocycles. The molecule has 0 saturated carbocycles. The summed E-state index contributed by atoms with van der Waals surface area (Å²) < 4.78 is 6.15. The highest BCUT2D eigenvalue weighted by Gasteiger charge is 2.15. The number of aromatic nitrogens is 1. The van der Waals surface area contributed by atoms with E-state index in [0.29, 0.717) is 5.92 Å². The maximum Gasteiger partial charge on any atom is 0.137 e. The van der Waals surface area contributed by atoms with Gasteiger partial charge in [0.2, 0.25) is 0 Å². The Bertz CT molecular complexity index is 1420. The standard InChI is InChI=1S/C28H27NO/c1-16(2)10-20-13-25(22-12-17(3)11-18(4)19(22)5)29-26-15-28-24(14-23(20)26)21-8-6-7-9-27(21)30-28/h6-9,11-16H,10H2,1-5H3. The van der Waals surface area contributed by atoms with Gasteiger partial charge >= 0.3 is 0 Å². The van der Waals surface area contributed by atoms with Crippen LogP contribution in [0.15, 0.2) is 59.0 Å². The molecule has 3 aromatic carbocycles. The van der Waals surface area contributed by atoms with E-state index in [-0.39, 0.29) is 0 Å². The number of para-hydroxylation sites is 1. The highest BCUT2D eigenvalue weighted by molar-refractivity contribution is 6.10. The summed E-state index contributed by atoms with van der Waals surface area (Å²) in [5, 5.41) is 3.56. The van der Waals surface area contributed by atoms with Crippen LogP contribution >= 0.6 is 0 Å². The normalized spacial score (nSPS) is 11.9. The van der Waals surface area contributed by atoms with E-state index in [1.165, 1.54) is 44.0 Å². The molecule has 0 aliphatic carbocycles. The van der Waals surface area contributed by atoms with E-state index in [4.69, 9.17) is 9.40 Å². The molecule has 2 heterocycles. The van der Waals surface area contributed by atoms with Gasteiger partial charge < -0.3 is 4.42 Å². The van der Waals surface area contributed by atoms with Gasteiger partial charge in [-0.2, -0.15) is 0 Å². The van der Waals surface area contributed by atoms with Gasteiger partial charge in [0.1, 0.15) is 11.2 Å². The zero-order valence-corrected chi connectivity index (χ0v) is 18.3. The Morgan fingerprint density at radius 1 is 0.833 bits per heavy atom. The Morgan fingerprint density at radius 2 is 1.63 bits per heavy atom. The van der Waals surface area contributed by atoms with Gasteiger partial charge in [-0.25, -0.2) is 4.98 Å². The topological polar surface area (TPSA) is 26.0 Å². The molecule has 0 aliphatic heterocycles. The lowest BCUT2D eigenvalue weighted by molar-refractivity contribution is 0.650. The van der Waals surface area contributed by atoms with E-state index in [0.717, 1.165) is 28.8 Å². The smallest absolute Gasteiger partial charge is 0.137 e. The first-order chi connectivity index (χ1) is 14.4. The average molecular weight is 394 g/mol. The molecule has 2 nitrogen and oxygen atoms in total. The van der Waals surface area contributed by atoms with Crippen LogP contribution in [0.4, 0.5) is 0 Å². The molecule has 5 aromatic rings. The van der Waals surface area contributed by atoms with Crippen molar-refractivity contribution in [2.75, 3.05) is 0 Å². The second-order valence-corrected chi connectivity index (χ2v) is 8.98. The Labute approximate surface area is 177 Å². The summed E-state index contributed by atoms with van der Waals surface area (Å²) in [5.74, 6) is 0.570. The molecular formula is C28H27NO. The van der Waals surface area contributed by atoms with Crippen LogP contribution in [0, 0.1) is 26.7 Å². The molecule has 0 saturated heterocycles. The zero-order chi connectivity index (χ0) is 21.0. The molecule has 0 unspecified atom stereocenters. The van der Waals surface area contributed by atoms with Gasteiger partial charge in [-0.1, -0.05) is 43.7 Å². The van der Waals surface area contributed by atoms with E-state index in [1.54, 1.807) is 0 Å². The van der Waals surface area contributed by atoms with E-state index in [2.05, 4.69) is 77.1 Å². The molecule has 0 amide bonds. The molecule has 0 N–H and O–H groups in total. The van der Waals surface area contributed by atoms with Crippen LogP contribution in [-0.2, 0) is 6.42 Å². The van der Waals surface area contributed by atoms with Crippen molar-refractivity contribution in [3.63, 3.8) is 0 Å². The molecule has 0 fully saturated rings. The monoisotopic (exact) mass is 393 g/mol. The van der Waals surface area contributed by atoms with Crippen LogP contribution in [0.25, 0.3) is 44.1 Å². The zero-order valence-electron chi connectivity index (χ0n) is 18.3. The van der Waals surface area contributed by atoms with E-state index >= 15 is 0 Å². The Kier molecular flexibility index (Phi) is 4.39. The fourth-order valence-corrected chi connectivity index (χ4v) is 4.57. The number of nitrogens with zero attached hydrogens (tertiary/aromatic N) is 1. The van der Waals surface area contributed by atoms with Crippen LogP contribution in [0.5, 0.6) is 0 Å². The number of furan rings is 1. The fourth-order valence-electron chi connectivity index (χ4n) is 4.57. The molecule has 0 aliphatic rings. The molecular weight excluding hydrogens is 366 g/mol. The molecule has 2 heteroatoms. The molecule has 5 rings (SSSR count). The van der Waals surface area contributed by atoms with Crippen molar-refractivity contribution in [2.45, 2.75) is 41.0 Å². The first kappa shape index (κ1) is 18.9. The molecule has 0 atom stereocenters. The van der Waals surface area contributed by atoms with E-state index in [1.807, 2.05) is 12.1 Å². The number of hydrogen-bond acceptors (Lipinski definition) is 2. The number of hydrogen-bond donors (Lipinski definition) is 0. The average Bonchev–Trinajstić information content (AvgIpc) is 3.06. The second-order valence-electron chi connectivity index (χ2n) is 8.98.